The zero-order chi connectivity index (χ0) is 17.6. The maximum Gasteiger partial charge on any atom is 0.227 e. The van der Waals surface area contributed by atoms with Crippen LogP contribution in [0, 0.1) is 6.92 Å². The predicted molar refractivity (Wildman–Crippen MR) is 100 cm³/mol. The minimum Gasteiger partial charge on any atom is -0.486 e. The number of aromatic nitrogens is 2. The largest absolute Gasteiger partial charge is 0.486 e. The molecule has 0 atom stereocenters. The molecule has 1 aromatic heterocycles. The van der Waals surface area contributed by atoms with E-state index in [2.05, 4.69) is 29.0 Å². The lowest BCUT2D eigenvalue weighted by molar-refractivity contribution is 0.171. The summed E-state index contributed by atoms with van der Waals surface area (Å²) in [5, 5.41) is 3.36. The van der Waals surface area contributed by atoms with Gasteiger partial charge in [-0.05, 0) is 31.9 Å². The Bertz CT molecular complexity index is 715. The Kier molecular flexibility index (Phi) is 5.58. The van der Waals surface area contributed by atoms with Crippen LogP contribution in [0.1, 0.15) is 32.4 Å². The van der Waals surface area contributed by atoms with Gasteiger partial charge in [0.25, 0.3) is 0 Å². The molecule has 25 heavy (non-hydrogen) atoms. The van der Waals surface area contributed by atoms with Crippen molar-refractivity contribution in [3.63, 3.8) is 0 Å². The molecule has 1 aromatic carbocycles. The van der Waals surface area contributed by atoms with Crippen LogP contribution in [0.15, 0.2) is 24.3 Å². The zero-order valence-electron chi connectivity index (χ0n) is 15.2. The summed E-state index contributed by atoms with van der Waals surface area (Å²) >= 11 is 0. The topological polar surface area (TPSA) is 59.5 Å². The third-order valence-corrected chi connectivity index (χ3v) is 3.93. The lowest BCUT2D eigenvalue weighted by atomic mass is 10.2. The van der Waals surface area contributed by atoms with Crippen LogP contribution in [0.3, 0.4) is 0 Å². The van der Waals surface area contributed by atoms with Crippen molar-refractivity contribution in [1.82, 2.24) is 9.97 Å². The van der Waals surface area contributed by atoms with E-state index in [-0.39, 0.29) is 0 Å². The average molecular weight is 342 g/mol. The Balaban J connectivity index is 1.82. The van der Waals surface area contributed by atoms with Crippen LogP contribution in [-0.4, -0.2) is 36.3 Å². The molecule has 3 rings (SSSR count). The number of hydrogen-bond acceptors (Lipinski definition) is 6. The Morgan fingerprint density at radius 3 is 2.44 bits per heavy atom. The van der Waals surface area contributed by atoms with E-state index >= 15 is 0 Å². The molecule has 0 aliphatic carbocycles. The summed E-state index contributed by atoms with van der Waals surface area (Å²) in [6, 6.07) is 7.80. The van der Waals surface area contributed by atoms with E-state index < -0.39 is 0 Å². The normalized spacial score (nSPS) is 12.8. The third-order valence-electron chi connectivity index (χ3n) is 3.93. The standard InChI is InChI=1S/C19H26N4O2/c1-4-8-23(9-5-2)19-20-14(3)12-18(22-19)21-15-6-7-16-17(13-15)25-11-10-24-16/h6-7,12-13H,4-5,8-11H2,1-3H3,(H,20,21,22). The van der Waals surface area contributed by atoms with E-state index in [0.29, 0.717) is 13.2 Å². The van der Waals surface area contributed by atoms with E-state index in [9.17, 15) is 0 Å². The molecule has 1 aliphatic rings. The summed E-state index contributed by atoms with van der Waals surface area (Å²) in [6.07, 6.45) is 2.14. The Morgan fingerprint density at radius 2 is 1.72 bits per heavy atom. The number of nitrogens with one attached hydrogen (secondary N) is 1. The van der Waals surface area contributed by atoms with Gasteiger partial charge in [-0.2, -0.15) is 4.98 Å². The van der Waals surface area contributed by atoms with Crippen molar-refractivity contribution in [2.24, 2.45) is 0 Å². The predicted octanol–water partition coefficient (Wildman–Crippen LogP) is 3.93. The van der Waals surface area contributed by atoms with Crippen LogP contribution in [0.25, 0.3) is 0 Å². The van der Waals surface area contributed by atoms with Crippen LogP contribution < -0.4 is 19.7 Å². The first-order valence-corrected chi connectivity index (χ1v) is 8.97. The molecule has 6 heteroatoms. The second kappa shape index (κ2) is 8.05. The quantitative estimate of drug-likeness (QED) is 0.823. The third kappa shape index (κ3) is 4.32. The highest BCUT2D eigenvalue weighted by Gasteiger charge is 2.13. The van der Waals surface area contributed by atoms with Gasteiger partial charge >= 0.3 is 0 Å². The summed E-state index contributed by atoms with van der Waals surface area (Å²) in [6.45, 7) is 9.44. The molecule has 2 heterocycles. The fourth-order valence-electron chi connectivity index (χ4n) is 2.88. The van der Waals surface area contributed by atoms with Crippen LogP contribution >= 0.6 is 0 Å². The van der Waals surface area contributed by atoms with E-state index in [4.69, 9.17) is 14.5 Å². The lowest BCUT2D eigenvalue weighted by Gasteiger charge is -2.22. The molecule has 1 aliphatic heterocycles. The van der Waals surface area contributed by atoms with Gasteiger partial charge in [0, 0.05) is 36.6 Å². The number of hydrogen-bond donors (Lipinski definition) is 1. The molecule has 0 unspecified atom stereocenters. The number of ether oxygens (including phenoxy) is 2. The van der Waals surface area contributed by atoms with Crippen molar-refractivity contribution in [2.45, 2.75) is 33.6 Å². The van der Waals surface area contributed by atoms with Gasteiger partial charge in [0.15, 0.2) is 11.5 Å². The highest BCUT2D eigenvalue weighted by atomic mass is 16.6. The first kappa shape index (κ1) is 17.3. The van der Waals surface area contributed by atoms with Crippen LogP contribution in [-0.2, 0) is 0 Å². The smallest absolute Gasteiger partial charge is 0.227 e. The molecule has 0 spiro atoms. The number of rotatable bonds is 7. The summed E-state index contributed by atoms with van der Waals surface area (Å²) in [5.41, 5.74) is 1.87. The molecule has 134 valence electrons. The molecule has 0 saturated heterocycles. The highest BCUT2D eigenvalue weighted by molar-refractivity contribution is 5.62. The van der Waals surface area contributed by atoms with Crippen molar-refractivity contribution < 1.29 is 9.47 Å². The molecule has 0 saturated carbocycles. The van der Waals surface area contributed by atoms with Crippen molar-refractivity contribution in [3.05, 3.63) is 30.0 Å². The fraction of sp³-hybridized carbons (Fsp3) is 0.474. The Labute approximate surface area is 149 Å². The molecular formula is C19H26N4O2. The van der Waals surface area contributed by atoms with Gasteiger partial charge in [0.05, 0.1) is 0 Å². The van der Waals surface area contributed by atoms with Gasteiger partial charge in [-0.15, -0.1) is 0 Å². The Morgan fingerprint density at radius 1 is 1.00 bits per heavy atom. The van der Waals surface area contributed by atoms with Crippen molar-refractivity contribution >= 4 is 17.5 Å². The van der Waals surface area contributed by atoms with Gasteiger partial charge in [-0.1, -0.05) is 13.8 Å². The summed E-state index contributed by atoms with van der Waals surface area (Å²) in [7, 11) is 0. The SMILES string of the molecule is CCCN(CCC)c1nc(C)cc(Nc2ccc3c(c2)OCCO3)n1. The van der Waals surface area contributed by atoms with Crippen molar-refractivity contribution in [2.75, 3.05) is 36.5 Å². The second-order valence-corrected chi connectivity index (χ2v) is 6.17. The van der Waals surface area contributed by atoms with Crippen molar-refractivity contribution in [3.8, 4) is 11.5 Å². The molecule has 0 fully saturated rings. The molecule has 1 N–H and O–H groups in total. The molecule has 0 radical (unpaired) electrons. The minimum absolute atomic E-state index is 0.580. The van der Waals surface area contributed by atoms with Crippen molar-refractivity contribution in [1.29, 1.82) is 0 Å². The molecule has 0 amide bonds. The van der Waals surface area contributed by atoms with Gasteiger partial charge in [-0.3, -0.25) is 0 Å². The van der Waals surface area contributed by atoms with Gasteiger partial charge in [-0.25, -0.2) is 4.98 Å². The maximum atomic E-state index is 5.65. The maximum absolute atomic E-state index is 5.65. The number of fused-ring (bicyclic) bond motifs is 1. The summed E-state index contributed by atoms with van der Waals surface area (Å²) < 4.78 is 11.2. The average Bonchev–Trinajstić information content (AvgIpc) is 2.61. The van der Waals surface area contributed by atoms with Gasteiger partial charge < -0.3 is 19.7 Å². The van der Waals surface area contributed by atoms with Crippen LogP contribution in [0.4, 0.5) is 17.5 Å². The monoisotopic (exact) mass is 342 g/mol. The zero-order valence-corrected chi connectivity index (χ0v) is 15.2. The highest BCUT2D eigenvalue weighted by Crippen LogP contribution is 2.33. The second-order valence-electron chi connectivity index (χ2n) is 6.17. The first-order valence-electron chi connectivity index (χ1n) is 8.97. The molecular weight excluding hydrogens is 316 g/mol. The number of nitrogens with zero attached hydrogens (tertiary/aromatic N) is 3. The van der Waals surface area contributed by atoms with E-state index in [1.54, 1.807) is 0 Å². The molecule has 6 nitrogen and oxygen atoms in total. The number of benzene rings is 1. The van der Waals surface area contributed by atoms with Gasteiger partial charge in [0.2, 0.25) is 5.95 Å². The minimum atomic E-state index is 0.580. The first-order chi connectivity index (χ1) is 12.2. The van der Waals surface area contributed by atoms with Crippen LogP contribution in [0.2, 0.25) is 0 Å². The molecule has 0 bridgehead atoms. The number of aryl methyl sites for hydroxylation is 1. The number of anilines is 3. The summed E-state index contributed by atoms with van der Waals surface area (Å²) in [5.74, 6) is 3.12. The Hall–Kier alpha value is -2.50. The molecule has 2 aromatic rings. The van der Waals surface area contributed by atoms with Gasteiger partial charge in [0.1, 0.15) is 19.0 Å². The van der Waals surface area contributed by atoms with E-state index in [0.717, 1.165) is 60.6 Å². The fourth-order valence-corrected chi connectivity index (χ4v) is 2.88. The lowest BCUT2D eigenvalue weighted by Crippen LogP contribution is -2.27. The van der Waals surface area contributed by atoms with E-state index in [1.165, 1.54) is 0 Å². The summed E-state index contributed by atoms with van der Waals surface area (Å²) in [4.78, 5) is 11.6. The van der Waals surface area contributed by atoms with E-state index in [1.807, 2.05) is 31.2 Å². The van der Waals surface area contributed by atoms with Crippen LogP contribution in [0.5, 0.6) is 11.5 Å².